The third-order valence-electron chi connectivity index (χ3n) is 2.85. The number of aryl methyl sites for hydroxylation is 1. The first kappa shape index (κ1) is 10.5. The molecule has 82 valence electrons. The maximum atomic E-state index is 9.44. The minimum absolute atomic E-state index is 0.168. The second-order valence-corrected chi connectivity index (χ2v) is 4.01. The van der Waals surface area contributed by atoms with Gasteiger partial charge in [0.1, 0.15) is 0 Å². The van der Waals surface area contributed by atoms with E-state index >= 15 is 0 Å². The number of benzene rings is 1. The highest BCUT2D eigenvalue weighted by Gasteiger charge is 2.18. The molecule has 0 saturated heterocycles. The van der Waals surface area contributed by atoms with Crippen molar-refractivity contribution >= 4 is 5.69 Å². The van der Waals surface area contributed by atoms with Crippen LogP contribution in [0.5, 0.6) is 0 Å². The Morgan fingerprint density at radius 2 is 2.13 bits per heavy atom. The fourth-order valence-electron chi connectivity index (χ4n) is 2.11. The number of anilines is 1. The lowest BCUT2D eigenvalue weighted by molar-refractivity contribution is 0.0996. The quantitative estimate of drug-likeness (QED) is 0.770. The molecule has 2 N–H and O–H groups in total. The first-order chi connectivity index (χ1) is 7.31. The van der Waals surface area contributed by atoms with Crippen molar-refractivity contribution in [1.29, 1.82) is 0 Å². The Balaban J connectivity index is 2.15. The molecule has 1 atom stereocenters. The highest BCUT2D eigenvalue weighted by Crippen LogP contribution is 2.26. The summed E-state index contributed by atoms with van der Waals surface area (Å²) in [6, 6.07) is 8.28. The first-order valence-corrected chi connectivity index (χ1v) is 5.43. The van der Waals surface area contributed by atoms with Crippen LogP contribution in [0.4, 0.5) is 5.69 Å². The van der Waals surface area contributed by atoms with Gasteiger partial charge in [0.15, 0.2) is 0 Å². The van der Waals surface area contributed by atoms with Gasteiger partial charge in [0.05, 0.1) is 12.7 Å². The number of hydrogen-bond acceptors (Lipinski definition) is 3. The third-order valence-corrected chi connectivity index (χ3v) is 2.85. The molecule has 0 radical (unpaired) electrons. The Morgan fingerprint density at radius 3 is 2.93 bits per heavy atom. The highest BCUT2D eigenvalue weighted by molar-refractivity contribution is 5.55. The lowest BCUT2D eigenvalue weighted by Gasteiger charge is -2.32. The van der Waals surface area contributed by atoms with Gasteiger partial charge in [0, 0.05) is 18.8 Å². The van der Waals surface area contributed by atoms with E-state index < -0.39 is 6.10 Å². The monoisotopic (exact) mass is 207 g/mol. The lowest BCUT2D eigenvalue weighted by Crippen LogP contribution is -2.37. The Morgan fingerprint density at radius 1 is 1.33 bits per heavy atom. The number of para-hydroxylation sites is 1. The molecule has 1 heterocycles. The zero-order valence-corrected chi connectivity index (χ0v) is 8.76. The zero-order chi connectivity index (χ0) is 10.7. The van der Waals surface area contributed by atoms with Crippen LogP contribution in [0.1, 0.15) is 12.0 Å². The van der Waals surface area contributed by atoms with Crippen LogP contribution in [0.25, 0.3) is 0 Å². The average Bonchev–Trinajstić information content (AvgIpc) is 2.29. The van der Waals surface area contributed by atoms with Crippen LogP contribution in [-0.4, -0.2) is 36.0 Å². The van der Waals surface area contributed by atoms with Crippen LogP contribution in [0.2, 0.25) is 0 Å². The van der Waals surface area contributed by atoms with E-state index in [0.717, 1.165) is 19.4 Å². The second-order valence-electron chi connectivity index (χ2n) is 4.01. The second kappa shape index (κ2) is 4.64. The molecule has 3 nitrogen and oxygen atoms in total. The molecule has 1 aliphatic rings. The fourth-order valence-corrected chi connectivity index (χ4v) is 2.11. The summed E-state index contributed by atoms with van der Waals surface area (Å²) in [6.07, 6.45) is 1.59. The van der Waals surface area contributed by atoms with Crippen molar-refractivity contribution in [3.05, 3.63) is 29.8 Å². The van der Waals surface area contributed by atoms with E-state index in [4.69, 9.17) is 5.11 Å². The van der Waals surface area contributed by atoms with E-state index in [-0.39, 0.29) is 6.61 Å². The molecular formula is C12H17NO2. The van der Waals surface area contributed by atoms with Crippen molar-refractivity contribution in [1.82, 2.24) is 0 Å². The highest BCUT2D eigenvalue weighted by atomic mass is 16.3. The summed E-state index contributed by atoms with van der Waals surface area (Å²) < 4.78 is 0. The molecule has 1 aromatic carbocycles. The van der Waals surface area contributed by atoms with Gasteiger partial charge >= 0.3 is 0 Å². The summed E-state index contributed by atoms with van der Waals surface area (Å²) >= 11 is 0. The predicted molar refractivity (Wildman–Crippen MR) is 60.1 cm³/mol. The van der Waals surface area contributed by atoms with Crippen LogP contribution >= 0.6 is 0 Å². The number of hydrogen-bond donors (Lipinski definition) is 2. The van der Waals surface area contributed by atoms with Crippen LogP contribution in [0.3, 0.4) is 0 Å². The van der Waals surface area contributed by atoms with Crippen molar-refractivity contribution in [2.45, 2.75) is 18.9 Å². The van der Waals surface area contributed by atoms with Crippen molar-refractivity contribution in [2.75, 3.05) is 24.6 Å². The summed E-state index contributed by atoms with van der Waals surface area (Å²) in [6.45, 7) is 1.32. The molecule has 0 aliphatic carbocycles. The van der Waals surface area contributed by atoms with Gasteiger partial charge in [-0.2, -0.15) is 0 Å². The van der Waals surface area contributed by atoms with Gasteiger partial charge in [-0.15, -0.1) is 0 Å². The number of aliphatic hydroxyl groups excluding tert-OH is 2. The summed E-state index contributed by atoms with van der Waals surface area (Å²) in [5, 5.41) is 18.3. The van der Waals surface area contributed by atoms with Gasteiger partial charge in [0.25, 0.3) is 0 Å². The molecule has 15 heavy (non-hydrogen) atoms. The van der Waals surface area contributed by atoms with Gasteiger partial charge in [-0.3, -0.25) is 0 Å². The molecule has 1 unspecified atom stereocenters. The average molecular weight is 207 g/mol. The SMILES string of the molecule is OCC(O)CN1CCCc2ccccc21. The van der Waals surface area contributed by atoms with Gasteiger partial charge < -0.3 is 15.1 Å². The number of rotatable bonds is 3. The molecule has 2 rings (SSSR count). The van der Waals surface area contributed by atoms with E-state index in [1.54, 1.807) is 0 Å². The smallest absolute Gasteiger partial charge is 0.0945 e. The minimum Gasteiger partial charge on any atom is -0.394 e. The van der Waals surface area contributed by atoms with E-state index in [2.05, 4.69) is 17.0 Å². The minimum atomic E-state index is -0.642. The standard InChI is InChI=1S/C12H17NO2/c14-9-11(15)8-13-7-3-5-10-4-1-2-6-12(10)13/h1-2,4,6,11,14-15H,3,5,7-9H2. The molecule has 1 aliphatic heterocycles. The maximum absolute atomic E-state index is 9.44. The molecule has 3 heteroatoms. The number of aliphatic hydroxyl groups is 2. The number of β-amino-alcohol motifs (C(OH)–C–C–N with tert-alkyl or cyclic N) is 1. The molecular weight excluding hydrogens is 190 g/mol. The topological polar surface area (TPSA) is 43.7 Å². The molecule has 0 fully saturated rings. The number of fused-ring (bicyclic) bond motifs is 1. The van der Waals surface area contributed by atoms with E-state index in [0.29, 0.717) is 6.54 Å². The van der Waals surface area contributed by atoms with Gasteiger partial charge in [-0.1, -0.05) is 18.2 Å². The molecule has 0 spiro atoms. The third kappa shape index (κ3) is 2.30. The van der Waals surface area contributed by atoms with Gasteiger partial charge in [-0.25, -0.2) is 0 Å². The first-order valence-electron chi connectivity index (χ1n) is 5.43. The summed E-state index contributed by atoms with van der Waals surface area (Å²) in [4.78, 5) is 2.15. The molecule has 0 saturated carbocycles. The van der Waals surface area contributed by atoms with Gasteiger partial charge in [0.2, 0.25) is 0 Å². The summed E-state index contributed by atoms with van der Waals surface area (Å²) in [5.41, 5.74) is 2.55. The Bertz CT molecular complexity index is 327. The predicted octanol–water partition coefficient (Wildman–Crippen LogP) is 0.792. The van der Waals surface area contributed by atoms with Crippen molar-refractivity contribution < 1.29 is 10.2 Å². The molecule has 0 amide bonds. The largest absolute Gasteiger partial charge is 0.394 e. The van der Waals surface area contributed by atoms with Crippen LogP contribution in [0.15, 0.2) is 24.3 Å². The maximum Gasteiger partial charge on any atom is 0.0945 e. The number of nitrogens with zero attached hydrogens (tertiary/aromatic N) is 1. The van der Waals surface area contributed by atoms with E-state index in [1.165, 1.54) is 11.3 Å². The normalized spacial score (nSPS) is 17.3. The summed E-state index contributed by atoms with van der Waals surface area (Å²) in [5.74, 6) is 0. The van der Waals surface area contributed by atoms with Crippen LogP contribution in [0, 0.1) is 0 Å². The Labute approximate surface area is 90.0 Å². The molecule has 0 bridgehead atoms. The Hall–Kier alpha value is -1.06. The fraction of sp³-hybridized carbons (Fsp3) is 0.500. The van der Waals surface area contributed by atoms with Crippen molar-refractivity contribution in [3.63, 3.8) is 0 Å². The van der Waals surface area contributed by atoms with Crippen LogP contribution in [-0.2, 0) is 6.42 Å². The van der Waals surface area contributed by atoms with E-state index in [9.17, 15) is 5.11 Å². The van der Waals surface area contributed by atoms with Crippen LogP contribution < -0.4 is 4.90 Å². The van der Waals surface area contributed by atoms with Crippen molar-refractivity contribution in [3.8, 4) is 0 Å². The lowest BCUT2D eigenvalue weighted by atomic mass is 10.0. The molecule has 1 aromatic rings. The Kier molecular flexibility index (Phi) is 3.23. The molecule has 0 aromatic heterocycles. The van der Waals surface area contributed by atoms with E-state index in [1.807, 2.05) is 12.1 Å². The van der Waals surface area contributed by atoms with Gasteiger partial charge in [-0.05, 0) is 24.5 Å². The summed E-state index contributed by atoms with van der Waals surface area (Å²) in [7, 11) is 0. The zero-order valence-electron chi connectivity index (χ0n) is 8.76. The van der Waals surface area contributed by atoms with Crippen molar-refractivity contribution in [2.24, 2.45) is 0 Å².